The molecule has 1 atom stereocenters. The van der Waals surface area contributed by atoms with Gasteiger partial charge in [-0.3, -0.25) is 9.59 Å². The minimum atomic E-state index is -4.39. The van der Waals surface area contributed by atoms with Crippen LogP contribution >= 0.6 is 11.8 Å². The highest BCUT2D eigenvalue weighted by Gasteiger charge is 2.32. The fraction of sp³-hybridized carbons (Fsp3) is 0.378. The van der Waals surface area contributed by atoms with Gasteiger partial charge in [-0.05, 0) is 85.3 Å². The van der Waals surface area contributed by atoms with E-state index in [0.29, 0.717) is 54.4 Å². The minimum absolute atomic E-state index is 0.0999. The van der Waals surface area contributed by atoms with Gasteiger partial charge in [0.2, 0.25) is 5.91 Å². The molecule has 1 aliphatic carbocycles. The van der Waals surface area contributed by atoms with Crippen molar-refractivity contribution in [2.45, 2.75) is 69.2 Å². The number of aromatic nitrogens is 2. The normalized spacial score (nSPS) is 13.5. The van der Waals surface area contributed by atoms with Gasteiger partial charge in [-0.15, -0.1) is 0 Å². The molecule has 1 aromatic heterocycles. The molecule has 1 amide bonds. The average molecular weight is 681 g/mol. The number of fused-ring (bicyclic) bond motifs is 1. The minimum Gasteiger partial charge on any atom is -0.340 e. The Morgan fingerprint density at radius 3 is 2.12 bits per heavy atom. The smallest absolute Gasteiger partial charge is 0.340 e. The lowest BCUT2D eigenvalue weighted by Gasteiger charge is -2.31. The molecule has 3 aromatic carbocycles. The van der Waals surface area contributed by atoms with E-state index in [1.807, 2.05) is 28.8 Å². The van der Waals surface area contributed by atoms with Crippen molar-refractivity contribution in [1.82, 2.24) is 19.4 Å². The summed E-state index contributed by atoms with van der Waals surface area (Å²) in [5, 5.41) is 0.483. The van der Waals surface area contributed by atoms with E-state index in [1.54, 1.807) is 24.1 Å². The highest BCUT2D eigenvalue weighted by Crippen LogP contribution is 2.33. The highest BCUT2D eigenvalue weighted by molar-refractivity contribution is 7.98. The van der Waals surface area contributed by atoms with Crippen LogP contribution < -0.4 is 5.56 Å². The number of halogens is 4. The van der Waals surface area contributed by atoms with Crippen LogP contribution in [-0.2, 0) is 36.1 Å². The fourth-order valence-corrected chi connectivity index (χ4v) is 7.18. The van der Waals surface area contributed by atoms with Crippen LogP contribution in [0.4, 0.5) is 17.6 Å². The van der Waals surface area contributed by atoms with Gasteiger partial charge in [-0.1, -0.05) is 74.1 Å². The molecule has 0 bridgehead atoms. The molecule has 11 heteroatoms. The van der Waals surface area contributed by atoms with E-state index in [-0.39, 0.29) is 17.3 Å². The van der Waals surface area contributed by atoms with Crippen molar-refractivity contribution in [2.75, 3.05) is 26.7 Å². The molecule has 0 fully saturated rings. The van der Waals surface area contributed by atoms with Crippen molar-refractivity contribution in [3.05, 3.63) is 117 Å². The van der Waals surface area contributed by atoms with Gasteiger partial charge in [0.05, 0.1) is 5.56 Å². The number of alkyl halides is 3. The number of amides is 1. The Bertz CT molecular complexity index is 1750. The van der Waals surface area contributed by atoms with Crippen molar-refractivity contribution < 1.29 is 22.4 Å². The summed E-state index contributed by atoms with van der Waals surface area (Å²) in [6.45, 7) is 6.85. The Balaban J connectivity index is 1.42. The Morgan fingerprint density at radius 1 is 0.917 bits per heavy atom. The van der Waals surface area contributed by atoms with E-state index >= 15 is 0 Å². The number of likely N-dealkylation sites (N-methyl/N-ethyl adjacent to an activating group) is 1. The number of hydrogen-bond acceptors (Lipinski definition) is 5. The summed E-state index contributed by atoms with van der Waals surface area (Å²) in [5.74, 6) is 0.0386. The van der Waals surface area contributed by atoms with Crippen molar-refractivity contribution in [3.63, 3.8) is 0 Å². The van der Waals surface area contributed by atoms with Gasteiger partial charge in [-0.2, -0.15) is 18.2 Å². The first-order valence-electron chi connectivity index (χ1n) is 16.2. The van der Waals surface area contributed by atoms with Gasteiger partial charge in [0.1, 0.15) is 11.9 Å². The summed E-state index contributed by atoms with van der Waals surface area (Å²) >= 11 is 1.38. The summed E-state index contributed by atoms with van der Waals surface area (Å²) < 4.78 is 54.6. The maximum Gasteiger partial charge on any atom is 0.416 e. The quantitative estimate of drug-likeness (QED) is 0.0821. The molecular weight excluding hydrogens is 640 g/mol. The first-order chi connectivity index (χ1) is 23.0. The third kappa shape index (κ3) is 8.36. The van der Waals surface area contributed by atoms with E-state index in [0.717, 1.165) is 54.0 Å². The van der Waals surface area contributed by atoms with Crippen molar-refractivity contribution in [2.24, 2.45) is 0 Å². The maximum atomic E-state index is 14.4. The van der Waals surface area contributed by atoms with Gasteiger partial charge in [-0.25, -0.2) is 4.39 Å². The molecular formula is C37H40F4N4O2S. The van der Waals surface area contributed by atoms with Gasteiger partial charge in [0.15, 0.2) is 5.16 Å². The first-order valence-corrected chi connectivity index (χ1v) is 17.2. The number of hydrogen-bond donors (Lipinski definition) is 0. The second-order valence-corrected chi connectivity index (χ2v) is 13.0. The SMILES string of the molecule is CCN(CC)CCC(C(=O)N(C)Cc1ccc(-c2ccc(C(F)(F)F)cc2)cc1)n1c(SCc2ccc(F)cc2)nc(=O)c2c1CCC2. The van der Waals surface area contributed by atoms with E-state index in [9.17, 15) is 27.2 Å². The Hall–Kier alpha value is -3.96. The lowest BCUT2D eigenvalue weighted by molar-refractivity contribution is -0.137. The van der Waals surface area contributed by atoms with Crippen LogP contribution in [0.1, 0.15) is 60.7 Å². The zero-order valence-corrected chi connectivity index (χ0v) is 28.2. The number of carbonyl (C=O) groups excluding carboxylic acids is 1. The van der Waals surface area contributed by atoms with E-state index in [2.05, 4.69) is 23.7 Å². The fourth-order valence-electron chi connectivity index (χ4n) is 6.17. The zero-order chi connectivity index (χ0) is 34.4. The van der Waals surface area contributed by atoms with Crippen LogP contribution in [0.3, 0.4) is 0 Å². The van der Waals surface area contributed by atoms with Crippen molar-refractivity contribution >= 4 is 17.7 Å². The van der Waals surface area contributed by atoms with Gasteiger partial charge < -0.3 is 14.4 Å². The molecule has 1 heterocycles. The second-order valence-electron chi connectivity index (χ2n) is 12.1. The Morgan fingerprint density at radius 2 is 1.52 bits per heavy atom. The molecule has 1 aliphatic rings. The van der Waals surface area contributed by atoms with Crippen molar-refractivity contribution in [1.29, 1.82) is 0 Å². The van der Waals surface area contributed by atoms with Crippen LogP contribution in [-0.4, -0.2) is 51.9 Å². The van der Waals surface area contributed by atoms with Gasteiger partial charge in [0.25, 0.3) is 5.56 Å². The number of nitrogens with zero attached hydrogens (tertiary/aromatic N) is 4. The summed E-state index contributed by atoms with van der Waals surface area (Å²) in [5.41, 5.74) is 3.78. The topological polar surface area (TPSA) is 58.4 Å². The molecule has 0 spiro atoms. The predicted molar refractivity (Wildman–Crippen MR) is 181 cm³/mol. The molecule has 1 unspecified atom stereocenters. The number of thioether (sulfide) groups is 1. The maximum absolute atomic E-state index is 14.4. The highest BCUT2D eigenvalue weighted by atomic mass is 32.2. The monoisotopic (exact) mass is 680 g/mol. The van der Waals surface area contributed by atoms with Crippen LogP contribution in [0.25, 0.3) is 11.1 Å². The van der Waals surface area contributed by atoms with Gasteiger partial charge in [0, 0.05) is 37.1 Å². The largest absolute Gasteiger partial charge is 0.416 e. The second kappa shape index (κ2) is 15.5. The molecule has 5 rings (SSSR count). The number of rotatable bonds is 13. The molecule has 0 saturated heterocycles. The molecule has 4 aromatic rings. The standard InChI is InChI=1S/C37H40F4N4O2S/c1-4-44(5-2)22-21-33(45-32-8-6-7-31(32)34(46)42-36(45)48-24-26-11-19-30(38)20-12-26)35(47)43(3)23-25-9-13-27(14-10-25)28-15-17-29(18-16-28)37(39,40)41/h9-20,33H,4-8,21-24H2,1-3H3. The molecule has 0 N–H and O–H groups in total. The third-order valence-corrected chi connectivity index (χ3v) is 9.95. The van der Waals surface area contributed by atoms with E-state index in [4.69, 9.17) is 0 Å². The van der Waals surface area contributed by atoms with Crippen LogP contribution in [0.5, 0.6) is 0 Å². The zero-order valence-electron chi connectivity index (χ0n) is 27.4. The molecule has 0 aliphatic heterocycles. The Kier molecular flexibility index (Phi) is 11.4. The average Bonchev–Trinajstić information content (AvgIpc) is 3.58. The Labute approximate surface area is 282 Å². The molecule has 6 nitrogen and oxygen atoms in total. The molecule has 0 radical (unpaired) electrons. The van der Waals surface area contributed by atoms with Crippen molar-refractivity contribution in [3.8, 4) is 11.1 Å². The van der Waals surface area contributed by atoms with Crippen LogP contribution in [0.2, 0.25) is 0 Å². The lowest BCUT2D eigenvalue weighted by Crippen LogP contribution is -2.39. The summed E-state index contributed by atoms with van der Waals surface area (Å²) in [4.78, 5) is 36.0. The third-order valence-electron chi connectivity index (χ3n) is 8.93. The van der Waals surface area contributed by atoms with Gasteiger partial charge >= 0.3 is 6.18 Å². The first kappa shape index (κ1) is 35.3. The van der Waals surface area contributed by atoms with Crippen LogP contribution in [0, 0.1) is 5.82 Å². The summed E-state index contributed by atoms with van der Waals surface area (Å²) in [6.07, 6.45) is -1.74. The number of benzene rings is 3. The molecule has 254 valence electrons. The lowest BCUT2D eigenvalue weighted by atomic mass is 10.0. The van der Waals surface area contributed by atoms with E-state index < -0.39 is 17.8 Å². The van der Waals surface area contributed by atoms with E-state index in [1.165, 1.54) is 36.0 Å². The predicted octanol–water partition coefficient (Wildman–Crippen LogP) is 7.78. The summed E-state index contributed by atoms with van der Waals surface area (Å²) in [7, 11) is 1.76. The molecule has 48 heavy (non-hydrogen) atoms. The summed E-state index contributed by atoms with van der Waals surface area (Å²) in [6, 6.07) is 18.1. The van der Waals surface area contributed by atoms with Crippen LogP contribution in [0.15, 0.2) is 82.7 Å². The number of carbonyl (C=O) groups is 1. The molecule has 0 saturated carbocycles.